The number of aliphatic hydroxyl groups is 1. The fourth-order valence-corrected chi connectivity index (χ4v) is 4.48. The molecular formula is C24H27FN6O4. The van der Waals surface area contributed by atoms with Crippen molar-refractivity contribution in [2.75, 3.05) is 38.7 Å². The van der Waals surface area contributed by atoms with Crippen molar-refractivity contribution in [3.8, 4) is 11.6 Å². The zero-order valence-electron chi connectivity index (χ0n) is 19.3. The van der Waals surface area contributed by atoms with Gasteiger partial charge in [0.2, 0.25) is 5.88 Å². The maximum Gasteiger partial charge on any atom is 0.263 e. The van der Waals surface area contributed by atoms with Gasteiger partial charge in [-0.15, -0.1) is 0 Å². The number of halogens is 1. The molecule has 11 heteroatoms. The summed E-state index contributed by atoms with van der Waals surface area (Å²) in [6, 6.07) is 7.34. The second-order valence-corrected chi connectivity index (χ2v) is 8.70. The highest BCUT2D eigenvalue weighted by molar-refractivity contribution is 5.94. The molecule has 0 spiro atoms. The summed E-state index contributed by atoms with van der Waals surface area (Å²) >= 11 is 0. The van der Waals surface area contributed by atoms with Gasteiger partial charge >= 0.3 is 0 Å². The summed E-state index contributed by atoms with van der Waals surface area (Å²) in [5.74, 6) is 0.578. The molecule has 3 aromatic heterocycles. The number of aliphatic hydroxyl groups excluding tert-OH is 1. The lowest BCUT2D eigenvalue weighted by Gasteiger charge is -2.33. The number of methoxy groups -OCH3 is 1. The number of rotatable bonds is 7. The number of piperidine rings is 1. The van der Waals surface area contributed by atoms with Crippen LogP contribution in [0.5, 0.6) is 11.6 Å². The lowest BCUT2D eigenvalue weighted by Crippen LogP contribution is -2.43. The quantitative estimate of drug-likeness (QED) is 0.463. The van der Waals surface area contributed by atoms with Gasteiger partial charge in [-0.25, -0.2) is 14.4 Å². The van der Waals surface area contributed by atoms with Gasteiger partial charge in [-0.2, -0.15) is 0 Å². The number of pyridine rings is 3. The standard InChI is InChI=1S/C24H27FN6O4/c1-34-21-5-3-17-23(30-21)22(16(25)11-27-17)18(32)12-31-8-6-14(7-9-31)26-10-15-2-4-19-24(28-15)29-20(33)13-35-19/h2-5,11,14,18,26,32H,6-10,12-13H2,1H3,(H,28,29,33). The highest BCUT2D eigenvalue weighted by atomic mass is 19.1. The van der Waals surface area contributed by atoms with Crippen LogP contribution < -0.4 is 20.1 Å². The second kappa shape index (κ2) is 10.1. The summed E-state index contributed by atoms with van der Waals surface area (Å²) in [6.45, 7) is 2.40. The molecule has 0 aliphatic carbocycles. The number of fused-ring (bicyclic) bond motifs is 2. The third-order valence-electron chi connectivity index (χ3n) is 6.34. The summed E-state index contributed by atoms with van der Waals surface area (Å²) in [5, 5.41) is 17.1. The van der Waals surface area contributed by atoms with E-state index in [0.717, 1.165) is 37.8 Å². The second-order valence-electron chi connectivity index (χ2n) is 8.70. The predicted octanol–water partition coefficient (Wildman–Crippen LogP) is 1.79. The van der Waals surface area contributed by atoms with E-state index in [1.165, 1.54) is 7.11 Å². The van der Waals surface area contributed by atoms with Crippen molar-refractivity contribution in [1.29, 1.82) is 0 Å². The Labute approximate surface area is 201 Å². The number of anilines is 1. The summed E-state index contributed by atoms with van der Waals surface area (Å²) < 4.78 is 25.1. The van der Waals surface area contributed by atoms with Gasteiger partial charge in [-0.1, -0.05) is 0 Å². The smallest absolute Gasteiger partial charge is 0.263 e. The molecule has 1 atom stereocenters. The van der Waals surface area contributed by atoms with Crippen molar-refractivity contribution < 1.29 is 23.8 Å². The monoisotopic (exact) mass is 482 g/mol. The average Bonchev–Trinajstić information content (AvgIpc) is 2.87. The normalized spacial score (nSPS) is 17.5. The van der Waals surface area contributed by atoms with Crippen LogP contribution in [0.3, 0.4) is 0 Å². The summed E-state index contributed by atoms with van der Waals surface area (Å²) in [6.07, 6.45) is 1.84. The predicted molar refractivity (Wildman–Crippen MR) is 126 cm³/mol. The van der Waals surface area contributed by atoms with Gasteiger partial charge in [0.05, 0.1) is 30.6 Å². The lowest BCUT2D eigenvalue weighted by molar-refractivity contribution is -0.118. The van der Waals surface area contributed by atoms with Crippen LogP contribution in [-0.4, -0.2) is 70.3 Å². The Bertz CT molecular complexity index is 1230. The van der Waals surface area contributed by atoms with Gasteiger partial charge in [0, 0.05) is 30.8 Å². The number of aromatic nitrogens is 3. The van der Waals surface area contributed by atoms with Crippen molar-refractivity contribution in [2.24, 2.45) is 0 Å². The van der Waals surface area contributed by atoms with Crippen molar-refractivity contribution >= 4 is 22.8 Å². The Hall–Kier alpha value is -3.41. The topological polar surface area (TPSA) is 122 Å². The highest BCUT2D eigenvalue weighted by Crippen LogP contribution is 2.28. The number of β-amino-alcohol motifs (C(OH)–C–C–N with tert-alkyl or cyclic N) is 1. The molecule has 0 radical (unpaired) electrons. The molecule has 1 saturated heterocycles. The summed E-state index contributed by atoms with van der Waals surface area (Å²) in [4.78, 5) is 26.5. The molecule has 1 fully saturated rings. The van der Waals surface area contributed by atoms with Gasteiger partial charge in [-0.05, 0) is 44.1 Å². The van der Waals surface area contributed by atoms with Crippen LogP contribution in [0.15, 0.2) is 30.5 Å². The molecule has 3 N–H and O–H groups in total. The Kier molecular flexibility index (Phi) is 6.71. The van der Waals surface area contributed by atoms with E-state index in [1.54, 1.807) is 12.1 Å². The zero-order valence-corrected chi connectivity index (χ0v) is 19.3. The molecule has 0 aromatic carbocycles. The van der Waals surface area contributed by atoms with E-state index in [1.807, 2.05) is 12.1 Å². The molecule has 2 aliphatic rings. The number of hydrogen-bond donors (Lipinski definition) is 3. The van der Waals surface area contributed by atoms with Gasteiger partial charge < -0.3 is 30.1 Å². The number of nitrogens with one attached hydrogen (secondary N) is 2. The Morgan fingerprint density at radius 1 is 1.29 bits per heavy atom. The molecule has 5 heterocycles. The minimum atomic E-state index is -1.04. The van der Waals surface area contributed by atoms with Crippen LogP contribution in [0, 0.1) is 5.82 Å². The first-order chi connectivity index (χ1) is 17.0. The van der Waals surface area contributed by atoms with Gasteiger partial charge in [0.15, 0.2) is 18.2 Å². The van der Waals surface area contributed by atoms with Crippen LogP contribution in [0.25, 0.3) is 11.0 Å². The number of amides is 1. The number of carbonyl (C=O) groups excluding carboxylic acids is 1. The zero-order chi connectivity index (χ0) is 24.4. The van der Waals surface area contributed by atoms with Crippen LogP contribution in [-0.2, 0) is 11.3 Å². The van der Waals surface area contributed by atoms with E-state index in [2.05, 4.69) is 30.5 Å². The molecule has 10 nitrogen and oxygen atoms in total. The Morgan fingerprint density at radius 3 is 2.91 bits per heavy atom. The summed E-state index contributed by atoms with van der Waals surface area (Å²) in [5.41, 5.74) is 1.78. The van der Waals surface area contributed by atoms with E-state index in [0.29, 0.717) is 41.6 Å². The Morgan fingerprint density at radius 2 is 2.11 bits per heavy atom. The van der Waals surface area contributed by atoms with E-state index < -0.39 is 11.9 Å². The van der Waals surface area contributed by atoms with E-state index >= 15 is 0 Å². The van der Waals surface area contributed by atoms with Crippen molar-refractivity contribution in [3.05, 3.63) is 47.5 Å². The maximum absolute atomic E-state index is 14.6. The number of nitrogens with zero attached hydrogens (tertiary/aromatic N) is 4. The van der Waals surface area contributed by atoms with Crippen LogP contribution in [0.2, 0.25) is 0 Å². The SMILES string of the molecule is COc1ccc2ncc(F)c(C(O)CN3CCC(NCc4ccc5c(n4)NC(=O)CO5)CC3)c2n1. The molecule has 35 heavy (non-hydrogen) atoms. The van der Waals surface area contributed by atoms with Crippen LogP contribution >= 0.6 is 0 Å². The fraction of sp³-hybridized carbons (Fsp3) is 0.417. The molecule has 2 aliphatic heterocycles. The molecule has 0 saturated carbocycles. The first-order valence-electron chi connectivity index (χ1n) is 11.6. The van der Waals surface area contributed by atoms with E-state index in [4.69, 9.17) is 9.47 Å². The van der Waals surface area contributed by atoms with Crippen molar-refractivity contribution in [2.45, 2.75) is 31.5 Å². The molecule has 3 aromatic rings. The fourth-order valence-electron chi connectivity index (χ4n) is 4.48. The highest BCUT2D eigenvalue weighted by Gasteiger charge is 2.25. The minimum absolute atomic E-state index is 0.00821. The summed E-state index contributed by atoms with van der Waals surface area (Å²) in [7, 11) is 1.49. The number of carbonyl (C=O) groups is 1. The lowest BCUT2D eigenvalue weighted by atomic mass is 10.0. The number of ether oxygens (including phenoxy) is 2. The third-order valence-corrected chi connectivity index (χ3v) is 6.34. The molecule has 0 bridgehead atoms. The molecular weight excluding hydrogens is 455 g/mol. The van der Waals surface area contributed by atoms with Crippen molar-refractivity contribution in [1.82, 2.24) is 25.2 Å². The van der Waals surface area contributed by atoms with E-state index in [-0.39, 0.29) is 24.1 Å². The van der Waals surface area contributed by atoms with E-state index in [9.17, 15) is 14.3 Å². The van der Waals surface area contributed by atoms with Gasteiger partial charge in [0.25, 0.3) is 5.91 Å². The molecule has 184 valence electrons. The largest absolute Gasteiger partial charge is 0.481 e. The van der Waals surface area contributed by atoms with Crippen molar-refractivity contribution in [3.63, 3.8) is 0 Å². The van der Waals surface area contributed by atoms with Gasteiger partial charge in [0.1, 0.15) is 11.3 Å². The van der Waals surface area contributed by atoms with Crippen LogP contribution in [0.4, 0.5) is 10.2 Å². The minimum Gasteiger partial charge on any atom is -0.481 e. The first-order valence-corrected chi connectivity index (χ1v) is 11.6. The first kappa shape index (κ1) is 23.3. The molecule has 5 rings (SSSR count). The van der Waals surface area contributed by atoms with Crippen LogP contribution in [0.1, 0.15) is 30.2 Å². The number of likely N-dealkylation sites (tertiary alicyclic amines) is 1. The Balaban J connectivity index is 1.16. The average molecular weight is 483 g/mol. The van der Waals surface area contributed by atoms with Gasteiger partial charge in [-0.3, -0.25) is 9.78 Å². The molecule has 1 amide bonds. The molecule has 1 unspecified atom stereocenters. The number of hydrogen-bond acceptors (Lipinski definition) is 9. The third kappa shape index (κ3) is 5.16. The maximum atomic E-state index is 14.6.